The number of fused-ring (bicyclic) bond motifs is 1. The van der Waals surface area contributed by atoms with Crippen LogP contribution in [-0.4, -0.2) is 14.6 Å². The summed E-state index contributed by atoms with van der Waals surface area (Å²) in [5.74, 6) is 0.782. The van der Waals surface area contributed by atoms with Crippen LogP contribution < -0.4 is 0 Å². The Labute approximate surface area is 105 Å². The summed E-state index contributed by atoms with van der Waals surface area (Å²) >= 11 is 5.08. The third kappa shape index (κ3) is 1.56. The summed E-state index contributed by atoms with van der Waals surface area (Å²) in [6.07, 6.45) is 0. The lowest BCUT2D eigenvalue weighted by Gasteiger charge is -1.93. The number of pyridine rings is 1. The third-order valence-electron chi connectivity index (χ3n) is 2.34. The Morgan fingerprint density at radius 2 is 2.12 bits per heavy atom. The highest BCUT2D eigenvalue weighted by Crippen LogP contribution is 2.29. The van der Waals surface area contributed by atoms with Crippen LogP contribution in [-0.2, 0) is 0 Å². The van der Waals surface area contributed by atoms with E-state index in [0.717, 1.165) is 25.8 Å². The van der Waals surface area contributed by atoms with Crippen molar-refractivity contribution in [2.75, 3.05) is 0 Å². The van der Waals surface area contributed by atoms with E-state index in [0.29, 0.717) is 0 Å². The van der Waals surface area contributed by atoms with E-state index in [9.17, 15) is 0 Å². The van der Waals surface area contributed by atoms with Gasteiger partial charge in [0.15, 0.2) is 11.5 Å². The number of hydrogen-bond acceptors (Lipinski definition) is 3. The molecule has 0 amide bonds. The molecule has 0 spiro atoms. The van der Waals surface area contributed by atoms with E-state index < -0.39 is 0 Å². The fourth-order valence-corrected chi connectivity index (χ4v) is 2.89. The first-order valence-corrected chi connectivity index (χ1v) is 6.43. The minimum absolute atomic E-state index is 0.782. The van der Waals surface area contributed by atoms with Crippen molar-refractivity contribution in [1.82, 2.24) is 14.6 Å². The smallest absolute Gasteiger partial charge is 0.192 e. The number of hydrogen-bond donors (Lipinski definition) is 0. The van der Waals surface area contributed by atoms with Crippen molar-refractivity contribution in [1.29, 1.82) is 0 Å². The molecule has 0 atom stereocenters. The molecule has 3 nitrogen and oxygen atoms in total. The lowest BCUT2D eigenvalue weighted by atomic mass is 10.4. The average molecular weight is 294 g/mol. The molecule has 0 N–H and O–H groups in total. The van der Waals surface area contributed by atoms with Gasteiger partial charge in [-0.05, 0) is 47.1 Å². The van der Waals surface area contributed by atoms with E-state index in [2.05, 4.69) is 26.0 Å². The molecule has 0 aromatic carbocycles. The van der Waals surface area contributed by atoms with Crippen molar-refractivity contribution in [3.63, 3.8) is 0 Å². The Bertz CT molecular complexity index is 656. The SMILES string of the molecule is Cc1cccc2nc(-c3ccc(Br)s3)nn12. The minimum Gasteiger partial charge on any atom is -0.218 e. The maximum Gasteiger partial charge on any atom is 0.192 e. The molecule has 0 saturated carbocycles. The Balaban J connectivity index is 2.22. The molecule has 0 bridgehead atoms. The van der Waals surface area contributed by atoms with E-state index >= 15 is 0 Å². The Morgan fingerprint density at radius 1 is 1.25 bits per heavy atom. The molecule has 3 aromatic rings. The molecular formula is C11H8BrN3S. The number of nitrogens with zero attached hydrogens (tertiary/aromatic N) is 3. The van der Waals surface area contributed by atoms with E-state index in [-0.39, 0.29) is 0 Å². The Kier molecular flexibility index (Phi) is 2.29. The molecule has 0 unspecified atom stereocenters. The fraction of sp³-hybridized carbons (Fsp3) is 0.0909. The predicted molar refractivity (Wildman–Crippen MR) is 68.7 cm³/mol. The zero-order valence-corrected chi connectivity index (χ0v) is 10.9. The summed E-state index contributed by atoms with van der Waals surface area (Å²) in [6.45, 7) is 2.02. The van der Waals surface area contributed by atoms with E-state index in [1.54, 1.807) is 11.3 Å². The Hall–Kier alpha value is -1.20. The highest BCUT2D eigenvalue weighted by molar-refractivity contribution is 9.11. The van der Waals surface area contributed by atoms with Gasteiger partial charge >= 0.3 is 0 Å². The number of rotatable bonds is 1. The fourth-order valence-electron chi connectivity index (χ4n) is 1.57. The highest BCUT2D eigenvalue weighted by Gasteiger charge is 2.09. The first-order chi connectivity index (χ1) is 7.74. The van der Waals surface area contributed by atoms with Crippen molar-refractivity contribution in [2.45, 2.75) is 6.92 Å². The van der Waals surface area contributed by atoms with Crippen molar-refractivity contribution < 1.29 is 0 Å². The summed E-state index contributed by atoms with van der Waals surface area (Å²) in [5.41, 5.74) is 1.98. The molecule has 80 valence electrons. The number of aryl methyl sites for hydroxylation is 1. The van der Waals surface area contributed by atoms with Gasteiger partial charge in [-0.2, -0.15) is 0 Å². The predicted octanol–water partition coefficient (Wildman–Crippen LogP) is 3.53. The molecular weight excluding hydrogens is 286 g/mol. The van der Waals surface area contributed by atoms with Crippen LogP contribution in [0, 0.1) is 6.92 Å². The minimum atomic E-state index is 0.782. The second kappa shape index (κ2) is 3.68. The van der Waals surface area contributed by atoms with Gasteiger partial charge in [0.25, 0.3) is 0 Å². The average Bonchev–Trinajstić information content (AvgIpc) is 2.84. The second-order valence-corrected chi connectivity index (χ2v) is 5.94. The molecule has 0 aliphatic rings. The number of aromatic nitrogens is 3. The van der Waals surface area contributed by atoms with Crippen molar-refractivity contribution >= 4 is 32.9 Å². The standard InChI is InChI=1S/C11H8BrN3S/c1-7-3-2-4-10-13-11(14-15(7)10)8-5-6-9(12)16-8/h2-6H,1H3. The highest BCUT2D eigenvalue weighted by atomic mass is 79.9. The quantitative estimate of drug-likeness (QED) is 0.687. The summed E-state index contributed by atoms with van der Waals surface area (Å²) in [6, 6.07) is 10.0. The first-order valence-electron chi connectivity index (χ1n) is 4.82. The topological polar surface area (TPSA) is 30.2 Å². The summed E-state index contributed by atoms with van der Waals surface area (Å²) < 4.78 is 2.96. The van der Waals surface area contributed by atoms with Gasteiger partial charge in [0, 0.05) is 5.69 Å². The molecule has 16 heavy (non-hydrogen) atoms. The molecule has 5 heteroatoms. The second-order valence-electron chi connectivity index (χ2n) is 3.48. The molecule has 0 radical (unpaired) electrons. The summed E-state index contributed by atoms with van der Waals surface area (Å²) in [7, 11) is 0. The van der Waals surface area contributed by atoms with Gasteiger partial charge in [-0.3, -0.25) is 0 Å². The van der Waals surface area contributed by atoms with Crippen LogP contribution >= 0.6 is 27.3 Å². The lowest BCUT2D eigenvalue weighted by Crippen LogP contribution is -1.91. The molecule has 3 aromatic heterocycles. The van der Waals surface area contributed by atoms with Crippen molar-refractivity contribution in [2.24, 2.45) is 0 Å². The van der Waals surface area contributed by atoms with E-state index in [1.165, 1.54) is 0 Å². The zero-order valence-electron chi connectivity index (χ0n) is 8.51. The number of halogens is 1. The van der Waals surface area contributed by atoms with Crippen molar-refractivity contribution in [3.05, 3.63) is 39.8 Å². The maximum atomic E-state index is 4.50. The van der Waals surface area contributed by atoms with Gasteiger partial charge in [-0.1, -0.05) is 6.07 Å². The van der Waals surface area contributed by atoms with Gasteiger partial charge in [-0.25, -0.2) is 9.50 Å². The van der Waals surface area contributed by atoms with Crippen LogP contribution in [0.2, 0.25) is 0 Å². The molecule has 3 heterocycles. The number of thiophene rings is 1. The largest absolute Gasteiger partial charge is 0.218 e. The maximum absolute atomic E-state index is 4.50. The molecule has 0 saturated heterocycles. The van der Waals surface area contributed by atoms with E-state index in [1.807, 2.05) is 41.8 Å². The molecule has 0 aliphatic heterocycles. The van der Waals surface area contributed by atoms with Crippen LogP contribution in [0.25, 0.3) is 16.3 Å². The van der Waals surface area contributed by atoms with Gasteiger partial charge < -0.3 is 0 Å². The monoisotopic (exact) mass is 293 g/mol. The zero-order chi connectivity index (χ0) is 11.1. The lowest BCUT2D eigenvalue weighted by molar-refractivity contribution is 0.919. The van der Waals surface area contributed by atoms with Gasteiger partial charge in [0.1, 0.15) is 0 Å². The van der Waals surface area contributed by atoms with E-state index in [4.69, 9.17) is 0 Å². The van der Waals surface area contributed by atoms with Crippen LogP contribution in [0.5, 0.6) is 0 Å². The molecule has 0 aliphatic carbocycles. The summed E-state index contributed by atoms with van der Waals surface area (Å²) in [5, 5.41) is 4.49. The van der Waals surface area contributed by atoms with Crippen LogP contribution in [0.1, 0.15) is 5.69 Å². The summed E-state index contributed by atoms with van der Waals surface area (Å²) in [4.78, 5) is 5.58. The third-order valence-corrected chi connectivity index (χ3v) is 3.96. The van der Waals surface area contributed by atoms with Crippen LogP contribution in [0.3, 0.4) is 0 Å². The Morgan fingerprint density at radius 3 is 2.81 bits per heavy atom. The normalized spacial score (nSPS) is 11.1. The van der Waals surface area contributed by atoms with Gasteiger partial charge in [0.2, 0.25) is 0 Å². The van der Waals surface area contributed by atoms with Crippen molar-refractivity contribution in [3.8, 4) is 10.7 Å². The van der Waals surface area contributed by atoms with Crippen LogP contribution in [0.15, 0.2) is 34.1 Å². The molecule has 3 rings (SSSR count). The molecule has 0 fully saturated rings. The van der Waals surface area contributed by atoms with Gasteiger partial charge in [0.05, 0.1) is 8.66 Å². The van der Waals surface area contributed by atoms with Crippen LogP contribution in [0.4, 0.5) is 0 Å². The first kappa shape index (κ1) is 9.99. The van der Waals surface area contributed by atoms with Gasteiger partial charge in [-0.15, -0.1) is 16.4 Å².